The van der Waals surface area contributed by atoms with Gasteiger partial charge in [0, 0.05) is 25.7 Å². The van der Waals surface area contributed by atoms with Gasteiger partial charge >= 0.3 is 0 Å². The number of hydrogen-bond acceptors (Lipinski definition) is 14. The van der Waals surface area contributed by atoms with Gasteiger partial charge in [-0.05, 0) is 0 Å². The van der Waals surface area contributed by atoms with Crippen LogP contribution < -0.4 is 0 Å². The van der Waals surface area contributed by atoms with Crippen molar-refractivity contribution >= 4 is 0 Å². The van der Waals surface area contributed by atoms with E-state index in [1.165, 1.54) is 0 Å². The van der Waals surface area contributed by atoms with Crippen LogP contribution in [0.25, 0.3) is 0 Å². The summed E-state index contributed by atoms with van der Waals surface area (Å²) < 4.78 is 28.1. The van der Waals surface area contributed by atoms with E-state index >= 15 is 0 Å². The monoisotopic (exact) mass is 463 g/mol. The van der Waals surface area contributed by atoms with Crippen LogP contribution in [0.3, 0.4) is 0 Å². The van der Waals surface area contributed by atoms with E-state index in [1.54, 1.807) is 0 Å². The number of nitroso groups, excluding NO2 is 3. The van der Waals surface area contributed by atoms with Gasteiger partial charge in [0.1, 0.15) is 24.8 Å². The molecule has 0 saturated carbocycles. The minimum Gasteiger partial charge on any atom is -0.394 e. The lowest BCUT2D eigenvalue weighted by atomic mass is 9.99. The summed E-state index contributed by atoms with van der Waals surface area (Å²) in [6.45, 7) is -0.520. The van der Waals surface area contributed by atoms with Crippen LogP contribution in [0.1, 0.15) is 25.7 Å². The van der Waals surface area contributed by atoms with Gasteiger partial charge in [0.2, 0.25) is 0 Å². The summed E-state index contributed by atoms with van der Waals surface area (Å²) >= 11 is 0. The average Bonchev–Trinajstić information content (AvgIpc) is 2.78. The fourth-order valence-corrected chi connectivity index (χ4v) is 4.14. The van der Waals surface area contributed by atoms with Crippen molar-refractivity contribution in [3.63, 3.8) is 0 Å². The molecule has 3 aliphatic rings. The zero-order chi connectivity index (χ0) is 23.1. The minimum absolute atomic E-state index is 0.0107. The van der Waals surface area contributed by atoms with Crippen molar-refractivity contribution < 1.29 is 39.0 Å². The Kier molecular flexibility index (Phi) is 9.48. The molecule has 3 fully saturated rings. The Morgan fingerprint density at radius 3 is 2.38 bits per heavy atom. The molecule has 0 aromatic heterocycles. The largest absolute Gasteiger partial charge is 0.394 e. The summed E-state index contributed by atoms with van der Waals surface area (Å²) in [5.41, 5.74) is 0. The van der Waals surface area contributed by atoms with Crippen LogP contribution in [0.5, 0.6) is 0 Å². The van der Waals surface area contributed by atoms with Crippen LogP contribution in [0, 0.1) is 14.7 Å². The van der Waals surface area contributed by atoms with Gasteiger partial charge in [-0.2, -0.15) is 14.7 Å². The van der Waals surface area contributed by atoms with Crippen LogP contribution in [-0.2, 0) is 23.7 Å². The Bertz CT molecular complexity index is 629. The molecule has 14 heteroatoms. The number of rotatable bonds is 10. The molecule has 3 heterocycles. The summed E-state index contributed by atoms with van der Waals surface area (Å²) in [4.78, 5) is 32.2. The third-order valence-corrected chi connectivity index (χ3v) is 5.83. The molecule has 3 N–H and O–H groups in total. The zero-order valence-corrected chi connectivity index (χ0v) is 17.4. The Morgan fingerprint density at radius 2 is 1.72 bits per heavy atom. The quantitative estimate of drug-likeness (QED) is 0.355. The highest BCUT2D eigenvalue weighted by atomic mass is 16.7. The Labute approximate surface area is 183 Å². The molecule has 0 spiro atoms. The van der Waals surface area contributed by atoms with Crippen molar-refractivity contribution in [3.05, 3.63) is 14.7 Å². The summed E-state index contributed by atoms with van der Waals surface area (Å²) in [7, 11) is 0. The fourth-order valence-electron chi connectivity index (χ4n) is 4.14. The zero-order valence-electron chi connectivity index (χ0n) is 17.4. The highest BCUT2D eigenvalue weighted by Crippen LogP contribution is 2.28. The molecule has 0 amide bonds. The SMILES string of the molecule is O=NC[C@H]1C[C@@H](N=O)C[C@@H](O[C@H]2CO[C@H](CO[C@@H]3C[C@@H](O)[C@H](N=O)[C@@H](CO)O3)[C@@H](O)C2)O1. The maximum atomic E-state index is 10.9. The van der Waals surface area contributed by atoms with Gasteiger partial charge in [0.15, 0.2) is 12.6 Å². The molecule has 0 aromatic rings. The van der Waals surface area contributed by atoms with Gasteiger partial charge in [0.25, 0.3) is 0 Å². The normalized spacial score (nSPS) is 42.8. The first-order chi connectivity index (χ1) is 15.5. The molecule has 32 heavy (non-hydrogen) atoms. The third-order valence-electron chi connectivity index (χ3n) is 5.83. The number of nitrogens with zero attached hydrogens (tertiary/aromatic N) is 3. The molecule has 0 aliphatic carbocycles. The van der Waals surface area contributed by atoms with E-state index in [4.69, 9.17) is 23.7 Å². The molecule has 0 radical (unpaired) electrons. The van der Waals surface area contributed by atoms with Crippen molar-refractivity contribution in [3.8, 4) is 0 Å². The molecule has 0 unspecified atom stereocenters. The predicted octanol–water partition coefficient (Wildman–Crippen LogP) is -0.452. The minimum atomic E-state index is -1.11. The van der Waals surface area contributed by atoms with Crippen molar-refractivity contribution in [2.45, 2.75) is 87.0 Å². The van der Waals surface area contributed by atoms with E-state index in [-0.39, 0.29) is 39.0 Å². The van der Waals surface area contributed by atoms with E-state index in [2.05, 4.69) is 15.5 Å². The lowest BCUT2D eigenvalue weighted by Crippen LogP contribution is -2.51. The molecule has 10 atom stereocenters. The topological polar surface area (TPSA) is 195 Å². The Hall–Kier alpha value is -1.52. The maximum Gasteiger partial charge on any atom is 0.160 e. The second-order valence-corrected chi connectivity index (χ2v) is 8.18. The van der Waals surface area contributed by atoms with Crippen LogP contribution in [-0.4, -0.2) is 103 Å². The van der Waals surface area contributed by atoms with Crippen molar-refractivity contribution in [2.75, 3.05) is 26.4 Å². The average molecular weight is 463 g/mol. The first-order valence-electron chi connectivity index (χ1n) is 10.6. The van der Waals surface area contributed by atoms with Gasteiger partial charge < -0.3 is 39.0 Å². The number of hydrogen-bond donors (Lipinski definition) is 3. The molecule has 3 aliphatic heterocycles. The van der Waals surface area contributed by atoms with E-state index in [0.29, 0.717) is 6.42 Å². The highest BCUT2D eigenvalue weighted by Gasteiger charge is 2.41. The molecule has 14 nitrogen and oxygen atoms in total. The van der Waals surface area contributed by atoms with Crippen molar-refractivity contribution in [2.24, 2.45) is 15.5 Å². The lowest BCUT2D eigenvalue weighted by molar-refractivity contribution is -0.263. The summed E-state index contributed by atoms with van der Waals surface area (Å²) in [5.74, 6) is 0. The van der Waals surface area contributed by atoms with Crippen molar-refractivity contribution in [1.29, 1.82) is 0 Å². The van der Waals surface area contributed by atoms with Gasteiger partial charge in [-0.1, -0.05) is 15.5 Å². The van der Waals surface area contributed by atoms with Crippen LogP contribution in [0.2, 0.25) is 0 Å². The third kappa shape index (κ3) is 6.51. The molecule has 182 valence electrons. The molecule has 0 aromatic carbocycles. The van der Waals surface area contributed by atoms with Crippen LogP contribution >= 0.6 is 0 Å². The van der Waals surface area contributed by atoms with Gasteiger partial charge in [-0.3, -0.25) is 0 Å². The summed E-state index contributed by atoms with van der Waals surface area (Å²) in [6.07, 6.45) is -5.68. The second-order valence-electron chi connectivity index (χ2n) is 8.18. The fraction of sp³-hybridized carbons (Fsp3) is 1.00. The van der Waals surface area contributed by atoms with Gasteiger partial charge in [-0.25, -0.2) is 0 Å². The highest BCUT2D eigenvalue weighted by molar-refractivity contribution is 4.89. The standard InChI is InChI=1S/C18H29N3O11/c22-6-14-18(21-27)13(24)4-16(32-14)29-8-15-12(23)3-11(7-28-15)31-17-2-9(20-26)1-10(30-17)5-19-25/h9-18,22-24H,1-8H2/t9-,10-,11-,12+,13-,14-,15-,16+,17-,18+/m1/s1. The number of aliphatic hydroxyl groups is 3. The molecule has 3 rings (SSSR count). The van der Waals surface area contributed by atoms with Crippen LogP contribution in [0.4, 0.5) is 0 Å². The van der Waals surface area contributed by atoms with Gasteiger partial charge in [0.05, 0.1) is 50.3 Å². The predicted molar refractivity (Wildman–Crippen MR) is 105 cm³/mol. The maximum absolute atomic E-state index is 10.9. The van der Waals surface area contributed by atoms with E-state index in [9.17, 15) is 30.0 Å². The Morgan fingerprint density at radius 1 is 0.906 bits per heavy atom. The van der Waals surface area contributed by atoms with Crippen molar-refractivity contribution in [1.82, 2.24) is 0 Å². The molecular weight excluding hydrogens is 434 g/mol. The van der Waals surface area contributed by atoms with Gasteiger partial charge in [-0.15, -0.1) is 0 Å². The first-order valence-corrected chi connectivity index (χ1v) is 10.6. The summed E-state index contributed by atoms with van der Waals surface area (Å²) in [6, 6.07) is -1.62. The number of aliphatic hydroxyl groups excluding tert-OH is 3. The molecular formula is C18H29N3O11. The van der Waals surface area contributed by atoms with E-state index in [0.717, 1.165) is 0 Å². The first kappa shape index (κ1) is 25.1. The van der Waals surface area contributed by atoms with E-state index < -0.39 is 67.9 Å². The molecule has 3 saturated heterocycles. The molecule has 0 bridgehead atoms. The lowest BCUT2D eigenvalue weighted by Gasteiger charge is -2.39. The second kappa shape index (κ2) is 12.1. The van der Waals surface area contributed by atoms with E-state index in [1.807, 2.05) is 0 Å². The summed E-state index contributed by atoms with van der Waals surface area (Å²) in [5, 5.41) is 38.3. The van der Waals surface area contributed by atoms with Crippen LogP contribution in [0.15, 0.2) is 15.5 Å². The number of ether oxygens (including phenoxy) is 5. The Balaban J connectivity index is 1.43. The smallest absolute Gasteiger partial charge is 0.160 e.